The molecule has 0 saturated carbocycles. The second-order valence-electron chi connectivity index (χ2n) is 3.60. The predicted molar refractivity (Wildman–Crippen MR) is 74.0 cm³/mol. The molecular weight excluding hydrogens is 278 g/mol. The largest absolute Gasteiger partial charge is 0.214 e. The Labute approximate surface area is 112 Å². The molecule has 0 aliphatic rings. The number of halogens is 1. The van der Waals surface area contributed by atoms with Crippen molar-refractivity contribution in [3.63, 3.8) is 0 Å². The van der Waals surface area contributed by atoms with Crippen LogP contribution in [0.2, 0.25) is 4.34 Å². The highest BCUT2D eigenvalue weighted by atomic mass is 35.5. The van der Waals surface area contributed by atoms with Gasteiger partial charge in [-0.25, -0.2) is 8.42 Å². The molecule has 0 unspecified atom stereocenters. The van der Waals surface area contributed by atoms with Crippen molar-refractivity contribution in [2.75, 3.05) is 12.3 Å². The lowest BCUT2D eigenvalue weighted by Crippen LogP contribution is -2.32. The summed E-state index contributed by atoms with van der Waals surface area (Å²) in [5.41, 5.74) is 0. The summed E-state index contributed by atoms with van der Waals surface area (Å²) in [4.78, 5) is 0.941. The van der Waals surface area contributed by atoms with E-state index in [4.69, 9.17) is 11.6 Å². The number of hydrogen-bond donors (Lipinski definition) is 0. The maximum absolute atomic E-state index is 12.0. The van der Waals surface area contributed by atoms with E-state index < -0.39 is 10.0 Å². The summed E-state index contributed by atoms with van der Waals surface area (Å²) in [6.07, 6.45) is 2.21. The number of sulfonamides is 1. The lowest BCUT2D eigenvalue weighted by Gasteiger charge is -2.19. The van der Waals surface area contributed by atoms with Crippen LogP contribution < -0.4 is 0 Å². The molecule has 17 heavy (non-hydrogen) atoms. The van der Waals surface area contributed by atoms with E-state index in [-0.39, 0.29) is 5.75 Å². The van der Waals surface area contributed by atoms with Gasteiger partial charge in [0.05, 0.1) is 10.1 Å². The van der Waals surface area contributed by atoms with Crippen molar-refractivity contribution in [2.45, 2.75) is 19.9 Å². The summed E-state index contributed by atoms with van der Waals surface area (Å²) in [5.74, 6) is 0.167. The predicted octanol–water partition coefficient (Wildman–Crippen LogP) is 3.13. The van der Waals surface area contributed by atoms with Crippen LogP contribution in [0.25, 0.3) is 0 Å². The van der Waals surface area contributed by atoms with Crippen LogP contribution in [0.15, 0.2) is 24.8 Å². The van der Waals surface area contributed by atoms with Gasteiger partial charge in [0.15, 0.2) is 0 Å². The van der Waals surface area contributed by atoms with Gasteiger partial charge in [0.25, 0.3) is 0 Å². The molecule has 1 aromatic heterocycles. The average Bonchev–Trinajstić information content (AvgIpc) is 2.63. The van der Waals surface area contributed by atoms with Gasteiger partial charge in [-0.15, -0.1) is 17.9 Å². The molecule has 1 rings (SSSR count). The van der Waals surface area contributed by atoms with E-state index in [1.807, 2.05) is 13.0 Å². The Bertz CT molecular complexity index is 468. The molecular formula is C11H16ClNO2S2. The Morgan fingerprint density at radius 2 is 2.24 bits per heavy atom. The smallest absolute Gasteiger partial charge is 0.212 e. The average molecular weight is 294 g/mol. The molecule has 0 fully saturated rings. The second kappa shape index (κ2) is 6.54. The van der Waals surface area contributed by atoms with Gasteiger partial charge in [0, 0.05) is 18.0 Å². The topological polar surface area (TPSA) is 37.4 Å². The van der Waals surface area contributed by atoms with Gasteiger partial charge < -0.3 is 0 Å². The second-order valence-corrected chi connectivity index (χ2v) is 7.49. The Morgan fingerprint density at radius 3 is 2.71 bits per heavy atom. The van der Waals surface area contributed by atoms with Gasteiger partial charge in [0.2, 0.25) is 10.0 Å². The summed E-state index contributed by atoms with van der Waals surface area (Å²) >= 11 is 7.23. The summed E-state index contributed by atoms with van der Waals surface area (Å²) in [6, 6.07) is 3.63. The van der Waals surface area contributed by atoms with Crippen molar-refractivity contribution < 1.29 is 8.42 Å². The SMILES string of the molecule is C=CCN(Cc1ccc(Cl)s1)S(=O)(=O)CCC. The van der Waals surface area contributed by atoms with Gasteiger partial charge in [-0.1, -0.05) is 24.6 Å². The third kappa shape index (κ3) is 4.43. The van der Waals surface area contributed by atoms with Crippen molar-refractivity contribution in [1.82, 2.24) is 4.31 Å². The van der Waals surface area contributed by atoms with Crippen LogP contribution in [0.3, 0.4) is 0 Å². The number of nitrogens with zero attached hydrogens (tertiary/aromatic N) is 1. The highest BCUT2D eigenvalue weighted by Gasteiger charge is 2.20. The fourth-order valence-corrected chi connectivity index (χ4v) is 4.05. The molecule has 0 spiro atoms. The van der Waals surface area contributed by atoms with Crippen molar-refractivity contribution in [2.24, 2.45) is 0 Å². The molecule has 0 saturated heterocycles. The fourth-order valence-electron chi connectivity index (χ4n) is 1.42. The molecule has 0 aromatic carbocycles. The summed E-state index contributed by atoms with van der Waals surface area (Å²) in [6.45, 7) is 6.14. The Morgan fingerprint density at radius 1 is 1.53 bits per heavy atom. The molecule has 0 bridgehead atoms. The van der Waals surface area contributed by atoms with Crippen LogP contribution in [-0.2, 0) is 16.6 Å². The Hall–Kier alpha value is -0.360. The van der Waals surface area contributed by atoms with E-state index in [1.165, 1.54) is 15.6 Å². The van der Waals surface area contributed by atoms with Crippen LogP contribution in [0.4, 0.5) is 0 Å². The minimum atomic E-state index is -3.20. The summed E-state index contributed by atoms with van der Waals surface area (Å²) < 4.78 is 26.1. The molecule has 0 aliphatic heterocycles. The monoisotopic (exact) mass is 293 g/mol. The molecule has 1 aromatic rings. The van der Waals surface area contributed by atoms with Crippen LogP contribution in [0, 0.1) is 0 Å². The minimum absolute atomic E-state index is 0.167. The van der Waals surface area contributed by atoms with Crippen molar-refractivity contribution in [3.8, 4) is 0 Å². The lowest BCUT2D eigenvalue weighted by molar-refractivity contribution is 0.441. The zero-order chi connectivity index (χ0) is 12.9. The third-order valence-electron chi connectivity index (χ3n) is 2.15. The molecule has 0 aliphatic carbocycles. The molecule has 6 heteroatoms. The highest BCUT2D eigenvalue weighted by molar-refractivity contribution is 7.89. The first-order valence-corrected chi connectivity index (χ1v) is 8.13. The molecule has 3 nitrogen and oxygen atoms in total. The standard InChI is InChI=1S/C11H16ClNO2S2/c1-3-7-13(17(14,15)8-4-2)9-10-5-6-11(12)16-10/h3,5-6H,1,4,7-9H2,2H3. The van der Waals surface area contributed by atoms with Crippen molar-refractivity contribution in [1.29, 1.82) is 0 Å². The van der Waals surface area contributed by atoms with Crippen LogP contribution in [0.5, 0.6) is 0 Å². The highest BCUT2D eigenvalue weighted by Crippen LogP contribution is 2.23. The van der Waals surface area contributed by atoms with E-state index in [2.05, 4.69) is 6.58 Å². The van der Waals surface area contributed by atoms with Crippen molar-refractivity contribution >= 4 is 33.0 Å². The molecule has 0 atom stereocenters. The quantitative estimate of drug-likeness (QED) is 0.724. The van der Waals surface area contributed by atoms with Crippen LogP contribution >= 0.6 is 22.9 Å². The van der Waals surface area contributed by atoms with Gasteiger partial charge in [-0.2, -0.15) is 4.31 Å². The van der Waals surface area contributed by atoms with Crippen LogP contribution in [-0.4, -0.2) is 25.0 Å². The third-order valence-corrected chi connectivity index (χ3v) is 5.35. The zero-order valence-corrected chi connectivity index (χ0v) is 12.1. The normalized spacial score (nSPS) is 11.9. The first-order valence-electron chi connectivity index (χ1n) is 5.32. The zero-order valence-electron chi connectivity index (χ0n) is 9.73. The maximum atomic E-state index is 12.0. The van der Waals surface area contributed by atoms with Gasteiger partial charge >= 0.3 is 0 Å². The van der Waals surface area contributed by atoms with E-state index in [0.29, 0.717) is 23.8 Å². The molecule has 1 heterocycles. The van der Waals surface area contributed by atoms with E-state index in [1.54, 1.807) is 12.1 Å². The van der Waals surface area contributed by atoms with E-state index in [9.17, 15) is 8.42 Å². The Kier molecular flexibility index (Phi) is 5.66. The van der Waals surface area contributed by atoms with Gasteiger partial charge in [0.1, 0.15) is 0 Å². The first-order chi connectivity index (χ1) is 7.99. The van der Waals surface area contributed by atoms with E-state index >= 15 is 0 Å². The molecule has 0 radical (unpaired) electrons. The first kappa shape index (κ1) is 14.7. The summed E-state index contributed by atoms with van der Waals surface area (Å²) in [7, 11) is -3.20. The van der Waals surface area contributed by atoms with Crippen molar-refractivity contribution in [3.05, 3.63) is 34.0 Å². The fraction of sp³-hybridized carbons (Fsp3) is 0.455. The molecule has 96 valence electrons. The minimum Gasteiger partial charge on any atom is -0.212 e. The number of thiophene rings is 1. The Balaban J connectivity index is 2.83. The van der Waals surface area contributed by atoms with E-state index in [0.717, 1.165) is 4.88 Å². The maximum Gasteiger partial charge on any atom is 0.214 e. The van der Waals surface area contributed by atoms with Gasteiger partial charge in [-0.05, 0) is 18.6 Å². The molecule has 0 amide bonds. The number of hydrogen-bond acceptors (Lipinski definition) is 3. The lowest BCUT2D eigenvalue weighted by atomic mass is 10.4. The van der Waals surface area contributed by atoms with Crippen LogP contribution in [0.1, 0.15) is 18.2 Å². The summed E-state index contributed by atoms with van der Waals surface area (Å²) in [5, 5.41) is 0. The molecule has 0 N–H and O–H groups in total. The number of rotatable bonds is 7. The van der Waals surface area contributed by atoms with Gasteiger partial charge in [-0.3, -0.25) is 0 Å².